The minimum absolute atomic E-state index is 0.00930. The molecule has 1 unspecified atom stereocenters. The van der Waals surface area contributed by atoms with Gasteiger partial charge >= 0.3 is 0 Å². The molecule has 0 amide bonds. The van der Waals surface area contributed by atoms with Gasteiger partial charge in [-0.1, -0.05) is 6.07 Å². The fraction of sp³-hybridized carbons (Fsp3) is 0.500. The van der Waals surface area contributed by atoms with Crippen LogP contribution in [0, 0.1) is 0 Å². The van der Waals surface area contributed by atoms with Crippen molar-refractivity contribution in [2.24, 2.45) is 0 Å². The smallest absolute Gasteiger partial charge is 0.244 e. The van der Waals surface area contributed by atoms with E-state index in [0.29, 0.717) is 16.5 Å². The van der Waals surface area contributed by atoms with Crippen LogP contribution in [0.3, 0.4) is 0 Å². The van der Waals surface area contributed by atoms with Crippen LogP contribution in [0.15, 0.2) is 27.6 Å². The number of nitrogens with zero attached hydrogens (tertiary/aromatic N) is 1. The second-order valence-corrected chi connectivity index (χ2v) is 10.0. The Morgan fingerprint density at radius 1 is 1.43 bits per heavy atom. The highest BCUT2D eigenvalue weighted by Gasteiger charge is 2.37. The SMILES string of the molecule is CN(C1CCS(=O)(=O)C1)S(=O)(=O)c1cc(CO)ccc1Br. The molecule has 1 fully saturated rings. The Morgan fingerprint density at radius 2 is 2.10 bits per heavy atom. The fourth-order valence-corrected chi connectivity index (χ4v) is 6.48. The molecule has 1 aliphatic rings. The fourth-order valence-electron chi connectivity index (χ4n) is 2.26. The first kappa shape index (κ1) is 16.9. The van der Waals surface area contributed by atoms with Gasteiger partial charge in [-0.3, -0.25) is 0 Å². The summed E-state index contributed by atoms with van der Waals surface area (Å²) >= 11 is 3.19. The molecule has 1 heterocycles. The van der Waals surface area contributed by atoms with Crippen LogP contribution in [0.1, 0.15) is 12.0 Å². The van der Waals surface area contributed by atoms with Crippen LogP contribution in [-0.4, -0.2) is 50.8 Å². The lowest BCUT2D eigenvalue weighted by atomic mass is 10.2. The van der Waals surface area contributed by atoms with Crippen LogP contribution >= 0.6 is 15.9 Å². The maximum absolute atomic E-state index is 12.6. The average molecular weight is 398 g/mol. The third kappa shape index (κ3) is 3.48. The van der Waals surface area contributed by atoms with Gasteiger partial charge in [0.05, 0.1) is 23.0 Å². The van der Waals surface area contributed by atoms with Crippen molar-refractivity contribution in [1.29, 1.82) is 0 Å². The van der Waals surface area contributed by atoms with Gasteiger partial charge in [0.15, 0.2) is 9.84 Å². The molecular weight excluding hydrogens is 382 g/mol. The minimum Gasteiger partial charge on any atom is -0.392 e. The Bertz CT molecular complexity index is 745. The molecule has 6 nitrogen and oxygen atoms in total. The van der Waals surface area contributed by atoms with Gasteiger partial charge in [-0.05, 0) is 40.0 Å². The Balaban J connectivity index is 2.38. The lowest BCUT2D eigenvalue weighted by Crippen LogP contribution is -2.38. The third-order valence-electron chi connectivity index (χ3n) is 3.56. The van der Waals surface area contributed by atoms with Crippen molar-refractivity contribution in [3.8, 4) is 0 Å². The van der Waals surface area contributed by atoms with E-state index in [9.17, 15) is 16.8 Å². The van der Waals surface area contributed by atoms with Gasteiger partial charge in [0.25, 0.3) is 0 Å². The van der Waals surface area contributed by atoms with Crippen molar-refractivity contribution in [3.63, 3.8) is 0 Å². The molecule has 1 aromatic carbocycles. The highest BCUT2D eigenvalue weighted by molar-refractivity contribution is 9.10. The molecule has 0 aromatic heterocycles. The predicted octanol–water partition coefficient (Wildman–Crippen LogP) is 0.749. The molecular formula is C12H16BrNO5S2. The zero-order valence-electron chi connectivity index (χ0n) is 11.4. The quantitative estimate of drug-likeness (QED) is 0.808. The molecule has 0 saturated carbocycles. The molecule has 0 spiro atoms. The first-order valence-corrected chi connectivity index (χ1v) is 10.3. The summed E-state index contributed by atoms with van der Waals surface area (Å²) in [5, 5.41) is 9.13. The van der Waals surface area contributed by atoms with Crippen molar-refractivity contribution in [1.82, 2.24) is 4.31 Å². The van der Waals surface area contributed by atoms with Gasteiger partial charge in [-0.15, -0.1) is 0 Å². The second-order valence-electron chi connectivity index (χ2n) is 5.00. The van der Waals surface area contributed by atoms with Gasteiger partial charge in [0, 0.05) is 17.6 Å². The van der Waals surface area contributed by atoms with Crippen LogP contribution in [0.5, 0.6) is 0 Å². The number of aliphatic hydroxyl groups excluding tert-OH is 1. The predicted molar refractivity (Wildman–Crippen MR) is 82.1 cm³/mol. The van der Waals surface area contributed by atoms with E-state index in [1.165, 1.54) is 13.1 Å². The highest BCUT2D eigenvalue weighted by Crippen LogP contribution is 2.29. The summed E-state index contributed by atoms with van der Waals surface area (Å²) in [7, 11) is -5.60. The van der Waals surface area contributed by atoms with Crippen LogP contribution in [0.25, 0.3) is 0 Å². The zero-order valence-corrected chi connectivity index (χ0v) is 14.6. The van der Waals surface area contributed by atoms with E-state index in [2.05, 4.69) is 15.9 Å². The monoisotopic (exact) mass is 397 g/mol. The maximum Gasteiger partial charge on any atom is 0.244 e. The Kier molecular flexibility index (Phi) is 4.79. The summed E-state index contributed by atoms with van der Waals surface area (Å²) < 4.78 is 49.8. The lowest BCUT2D eigenvalue weighted by Gasteiger charge is -2.23. The molecule has 21 heavy (non-hydrogen) atoms. The summed E-state index contributed by atoms with van der Waals surface area (Å²) in [6, 6.07) is 4.00. The summed E-state index contributed by atoms with van der Waals surface area (Å²) in [4.78, 5) is 0.0286. The highest BCUT2D eigenvalue weighted by atomic mass is 79.9. The molecule has 0 radical (unpaired) electrons. The van der Waals surface area contributed by atoms with Crippen molar-refractivity contribution >= 4 is 35.8 Å². The standard InChI is InChI=1S/C12H16BrNO5S2/c1-14(10-4-5-20(16,17)8-10)21(18,19)12-6-9(7-15)2-3-11(12)13/h2-3,6,10,15H,4-5,7-8H2,1H3. The second kappa shape index (κ2) is 5.96. The first-order valence-electron chi connectivity index (χ1n) is 6.25. The van der Waals surface area contributed by atoms with E-state index >= 15 is 0 Å². The number of hydrogen-bond acceptors (Lipinski definition) is 5. The van der Waals surface area contributed by atoms with E-state index in [0.717, 1.165) is 4.31 Å². The Morgan fingerprint density at radius 3 is 2.62 bits per heavy atom. The topological polar surface area (TPSA) is 91.8 Å². The van der Waals surface area contributed by atoms with Crippen LogP contribution in [0.4, 0.5) is 0 Å². The van der Waals surface area contributed by atoms with E-state index in [1.54, 1.807) is 12.1 Å². The number of sulfone groups is 1. The van der Waals surface area contributed by atoms with E-state index < -0.39 is 25.9 Å². The first-order chi connectivity index (χ1) is 9.67. The van der Waals surface area contributed by atoms with E-state index in [4.69, 9.17) is 5.11 Å². The Hall–Kier alpha value is -0.480. The summed E-state index contributed by atoms with van der Waals surface area (Å²) in [6.45, 7) is -0.267. The minimum atomic E-state index is -3.82. The van der Waals surface area contributed by atoms with Gasteiger partial charge in [0.1, 0.15) is 0 Å². The van der Waals surface area contributed by atoms with E-state index in [-0.39, 0.29) is 23.0 Å². The number of hydrogen-bond donors (Lipinski definition) is 1. The van der Waals surface area contributed by atoms with Gasteiger partial charge in [0.2, 0.25) is 10.0 Å². The van der Waals surface area contributed by atoms with Crippen molar-refractivity contribution in [2.75, 3.05) is 18.6 Å². The largest absolute Gasteiger partial charge is 0.392 e. The number of aliphatic hydroxyl groups is 1. The van der Waals surface area contributed by atoms with Gasteiger partial charge < -0.3 is 5.11 Å². The number of rotatable bonds is 4. The third-order valence-corrected chi connectivity index (χ3v) is 8.21. The molecule has 0 bridgehead atoms. The summed E-state index contributed by atoms with van der Waals surface area (Å²) in [5.74, 6) is -0.143. The number of benzene rings is 1. The van der Waals surface area contributed by atoms with Crippen molar-refractivity contribution in [2.45, 2.75) is 24.0 Å². The maximum atomic E-state index is 12.6. The zero-order chi connectivity index (χ0) is 15.8. The Labute approximate surface area is 132 Å². The van der Waals surface area contributed by atoms with E-state index in [1.807, 2.05) is 0 Å². The lowest BCUT2D eigenvalue weighted by molar-refractivity contribution is 0.281. The van der Waals surface area contributed by atoms with Gasteiger partial charge in [-0.25, -0.2) is 16.8 Å². The van der Waals surface area contributed by atoms with Crippen LogP contribution < -0.4 is 0 Å². The molecule has 1 aromatic rings. The normalized spacial score (nSPS) is 21.8. The molecule has 1 atom stereocenters. The average Bonchev–Trinajstić information content (AvgIpc) is 2.78. The molecule has 9 heteroatoms. The molecule has 118 valence electrons. The van der Waals surface area contributed by atoms with Gasteiger partial charge in [-0.2, -0.15) is 4.31 Å². The summed E-state index contributed by atoms with van der Waals surface area (Å²) in [6.07, 6.45) is 0.301. The number of sulfonamides is 1. The molecule has 1 N–H and O–H groups in total. The van der Waals surface area contributed by atoms with Crippen LogP contribution in [0.2, 0.25) is 0 Å². The van der Waals surface area contributed by atoms with Crippen molar-refractivity contribution < 1.29 is 21.9 Å². The summed E-state index contributed by atoms with van der Waals surface area (Å²) in [5.41, 5.74) is 0.476. The van der Waals surface area contributed by atoms with Crippen molar-refractivity contribution in [3.05, 3.63) is 28.2 Å². The molecule has 1 saturated heterocycles. The molecule has 0 aliphatic carbocycles. The van der Waals surface area contributed by atoms with Crippen LogP contribution in [-0.2, 0) is 26.5 Å². The molecule has 2 rings (SSSR count). The number of halogens is 1. The molecule has 1 aliphatic heterocycles.